The molecule has 1 N–H and O–H groups in total. The van der Waals surface area contributed by atoms with Gasteiger partial charge in [-0.15, -0.1) is 0 Å². The summed E-state index contributed by atoms with van der Waals surface area (Å²) in [5, 5.41) is 4.26. The van der Waals surface area contributed by atoms with Gasteiger partial charge in [0.15, 0.2) is 0 Å². The molecule has 0 heterocycles. The minimum atomic E-state index is 0.172. The molecule has 0 spiro atoms. The molecule has 0 bridgehead atoms. The van der Waals surface area contributed by atoms with E-state index in [1.54, 1.807) is 0 Å². The number of rotatable bonds is 4. The van der Waals surface area contributed by atoms with Crippen molar-refractivity contribution >= 4 is 27.5 Å². The van der Waals surface area contributed by atoms with Gasteiger partial charge in [0, 0.05) is 9.50 Å². The Morgan fingerprint density at radius 1 is 1.11 bits per heavy atom. The minimum Gasteiger partial charge on any atom is -0.307 e. The van der Waals surface area contributed by atoms with Crippen molar-refractivity contribution < 1.29 is 0 Å². The van der Waals surface area contributed by atoms with E-state index in [-0.39, 0.29) is 6.04 Å². The molecule has 0 aliphatic carbocycles. The van der Waals surface area contributed by atoms with Crippen LogP contribution in [0, 0.1) is 0 Å². The molecule has 1 atom stereocenters. The van der Waals surface area contributed by atoms with Crippen molar-refractivity contribution in [1.29, 1.82) is 0 Å². The molecule has 0 fully saturated rings. The van der Waals surface area contributed by atoms with Crippen LogP contribution >= 0.6 is 27.5 Å². The molecular weight excluding hydrogens is 310 g/mol. The summed E-state index contributed by atoms with van der Waals surface area (Å²) in [5.41, 5.74) is 2.41. The van der Waals surface area contributed by atoms with E-state index in [1.807, 2.05) is 30.3 Å². The van der Waals surface area contributed by atoms with Crippen LogP contribution in [0.4, 0.5) is 0 Å². The van der Waals surface area contributed by atoms with E-state index in [2.05, 4.69) is 46.4 Å². The fourth-order valence-electron chi connectivity index (χ4n) is 2.00. The first-order chi connectivity index (χ1) is 8.70. The van der Waals surface area contributed by atoms with Crippen molar-refractivity contribution in [3.05, 3.63) is 69.2 Å². The maximum Gasteiger partial charge on any atom is 0.0577 e. The monoisotopic (exact) mass is 323 g/mol. The van der Waals surface area contributed by atoms with Crippen molar-refractivity contribution in [3.8, 4) is 0 Å². The normalized spacial score (nSPS) is 12.4. The first-order valence-electron chi connectivity index (χ1n) is 5.95. The molecule has 0 radical (unpaired) electrons. The van der Waals surface area contributed by atoms with Crippen molar-refractivity contribution in [2.75, 3.05) is 6.54 Å². The Morgan fingerprint density at radius 2 is 1.78 bits per heavy atom. The highest BCUT2D eigenvalue weighted by molar-refractivity contribution is 9.10. The highest BCUT2D eigenvalue weighted by atomic mass is 79.9. The van der Waals surface area contributed by atoms with Crippen LogP contribution in [0.5, 0.6) is 0 Å². The lowest BCUT2D eigenvalue weighted by molar-refractivity contribution is 0.630. The smallest absolute Gasteiger partial charge is 0.0577 e. The van der Waals surface area contributed by atoms with E-state index in [4.69, 9.17) is 11.6 Å². The molecule has 0 amide bonds. The van der Waals surface area contributed by atoms with Gasteiger partial charge in [-0.1, -0.05) is 58.7 Å². The van der Waals surface area contributed by atoms with Gasteiger partial charge in [-0.3, -0.25) is 0 Å². The van der Waals surface area contributed by atoms with E-state index >= 15 is 0 Å². The summed E-state index contributed by atoms with van der Waals surface area (Å²) in [7, 11) is 0. The van der Waals surface area contributed by atoms with E-state index in [0.717, 1.165) is 16.0 Å². The Labute approximate surface area is 121 Å². The predicted molar refractivity (Wildman–Crippen MR) is 81.1 cm³/mol. The lowest BCUT2D eigenvalue weighted by Crippen LogP contribution is -2.21. The van der Waals surface area contributed by atoms with E-state index in [0.29, 0.717) is 0 Å². The molecule has 0 aliphatic heterocycles. The largest absolute Gasteiger partial charge is 0.307 e. The van der Waals surface area contributed by atoms with E-state index < -0.39 is 0 Å². The first kappa shape index (κ1) is 13.6. The number of nitrogens with one attached hydrogen (secondary N) is 1. The SMILES string of the molecule is CCNC(c1cccc(Cl)c1)c1cccc(Br)c1. The van der Waals surface area contributed by atoms with Gasteiger partial charge in [0.2, 0.25) is 0 Å². The zero-order chi connectivity index (χ0) is 13.0. The molecule has 0 aliphatic rings. The molecule has 3 heteroatoms. The molecule has 2 rings (SSSR count). The third kappa shape index (κ3) is 3.35. The Hall–Kier alpha value is -0.830. The van der Waals surface area contributed by atoms with Crippen LogP contribution in [-0.4, -0.2) is 6.54 Å². The number of halogens is 2. The maximum absolute atomic E-state index is 6.07. The molecule has 0 aromatic heterocycles. The molecular formula is C15H15BrClN. The van der Waals surface area contributed by atoms with Gasteiger partial charge in [0.25, 0.3) is 0 Å². The first-order valence-corrected chi connectivity index (χ1v) is 7.12. The average Bonchev–Trinajstić information content (AvgIpc) is 2.36. The van der Waals surface area contributed by atoms with Gasteiger partial charge >= 0.3 is 0 Å². The summed E-state index contributed by atoms with van der Waals surface area (Å²) in [6.45, 7) is 3.01. The molecule has 2 aromatic carbocycles. The van der Waals surface area contributed by atoms with Crippen LogP contribution in [0.2, 0.25) is 5.02 Å². The summed E-state index contributed by atoms with van der Waals surface area (Å²) in [6, 6.07) is 16.5. The lowest BCUT2D eigenvalue weighted by Gasteiger charge is -2.19. The van der Waals surface area contributed by atoms with Gasteiger partial charge in [-0.25, -0.2) is 0 Å². The molecule has 94 valence electrons. The van der Waals surface area contributed by atoms with Crippen molar-refractivity contribution in [2.24, 2.45) is 0 Å². The quantitative estimate of drug-likeness (QED) is 0.851. The second kappa shape index (κ2) is 6.37. The van der Waals surface area contributed by atoms with Crippen LogP contribution in [0.1, 0.15) is 24.1 Å². The third-order valence-electron chi connectivity index (χ3n) is 2.77. The van der Waals surface area contributed by atoms with Gasteiger partial charge in [-0.2, -0.15) is 0 Å². The predicted octanol–water partition coefficient (Wildman–Crippen LogP) is 4.80. The maximum atomic E-state index is 6.07. The number of hydrogen-bond donors (Lipinski definition) is 1. The van der Waals surface area contributed by atoms with E-state index in [1.165, 1.54) is 11.1 Å². The fourth-order valence-corrected chi connectivity index (χ4v) is 2.62. The van der Waals surface area contributed by atoms with Crippen LogP contribution in [-0.2, 0) is 0 Å². The van der Waals surface area contributed by atoms with Crippen LogP contribution < -0.4 is 5.32 Å². The van der Waals surface area contributed by atoms with Gasteiger partial charge in [0.1, 0.15) is 0 Å². The van der Waals surface area contributed by atoms with Gasteiger partial charge in [0.05, 0.1) is 6.04 Å². The van der Waals surface area contributed by atoms with Crippen LogP contribution in [0.3, 0.4) is 0 Å². The molecule has 1 unspecified atom stereocenters. The lowest BCUT2D eigenvalue weighted by atomic mass is 9.99. The topological polar surface area (TPSA) is 12.0 Å². The minimum absolute atomic E-state index is 0.172. The number of benzene rings is 2. The molecule has 2 aromatic rings. The third-order valence-corrected chi connectivity index (χ3v) is 3.50. The van der Waals surface area contributed by atoms with E-state index in [9.17, 15) is 0 Å². The Bertz CT molecular complexity index is 482. The average molecular weight is 325 g/mol. The van der Waals surface area contributed by atoms with Crippen LogP contribution in [0.15, 0.2) is 53.0 Å². The Balaban J connectivity index is 2.39. The molecule has 0 saturated heterocycles. The standard InChI is InChI=1S/C15H15BrClN/c1-2-18-15(11-5-3-7-13(16)9-11)12-6-4-8-14(17)10-12/h3-10,15,18H,2H2,1H3. The van der Waals surface area contributed by atoms with Crippen molar-refractivity contribution in [2.45, 2.75) is 13.0 Å². The number of hydrogen-bond acceptors (Lipinski definition) is 1. The zero-order valence-electron chi connectivity index (χ0n) is 10.2. The zero-order valence-corrected chi connectivity index (χ0v) is 12.5. The summed E-state index contributed by atoms with van der Waals surface area (Å²) >= 11 is 9.59. The highest BCUT2D eigenvalue weighted by Crippen LogP contribution is 2.26. The second-order valence-electron chi connectivity index (χ2n) is 4.10. The van der Waals surface area contributed by atoms with Crippen molar-refractivity contribution in [3.63, 3.8) is 0 Å². The van der Waals surface area contributed by atoms with Crippen LogP contribution in [0.25, 0.3) is 0 Å². The summed E-state index contributed by atoms with van der Waals surface area (Å²) in [5.74, 6) is 0. The highest BCUT2D eigenvalue weighted by Gasteiger charge is 2.13. The van der Waals surface area contributed by atoms with Gasteiger partial charge < -0.3 is 5.32 Å². The second-order valence-corrected chi connectivity index (χ2v) is 5.45. The summed E-state index contributed by atoms with van der Waals surface area (Å²) < 4.78 is 1.09. The van der Waals surface area contributed by atoms with Crippen molar-refractivity contribution in [1.82, 2.24) is 5.32 Å². The Morgan fingerprint density at radius 3 is 2.39 bits per heavy atom. The Kier molecular flexibility index (Phi) is 4.81. The summed E-state index contributed by atoms with van der Waals surface area (Å²) in [4.78, 5) is 0. The molecule has 1 nitrogen and oxygen atoms in total. The molecule has 18 heavy (non-hydrogen) atoms. The van der Waals surface area contributed by atoms with Gasteiger partial charge in [-0.05, 0) is 41.9 Å². The summed E-state index contributed by atoms with van der Waals surface area (Å²) in [6.07, 6.45) is 0. The molecule has 0 saturated carbocycles. The fraction of sp³-hybridized carbons (Fsp3) is 0.200.